The molecule has 0 saturated heterocycles. The highest BCUT2D eigenvalue weighted by Crippen LogP contribution is 2.20. The summed E-state index contributed by atoms with van der Waals surface area (Å²) in [6.07, 6.45) is 0. The fourth-order valence-electron chi connectivity index (χ4n) is 0. The minimum atomic E-state index is -5.10. The highest BCUT2D eigenvalue weighted by Gasteiger charge is 1.94. The zero-order chi connectivity index (χ0) is 10.6. The van der Waals surface area contributed by atoms with Crippen LogP contribution in [0.3, 0.4) is 0 Å². The number of nitrogens with two attached hydrogens (primary N) is 1. The summed E-state index contributed by atoms with van der Waals surface area (Å²) in [5.74, 6) is 0. The molecule has 0 unspecified atom stereocenters. The first-order valence-corrected chi connectivity index (χ1v) is 4.60. The summed E-state index contributed by atoms with van der Waals surface area (Å²) in [5.41, 5.74) is 2.23. The summed E-state index contributed by atoms with van der Waals surface area (Å²) in [4.78, 5) is 28.0. The van der Waals surface area contributed by atoms with E-state index in [1.807, 2.05) is 0 Å². The van der Waals surface area contributed by atoms with Crippen LogP contribution in [0.1, 0.15) is 1.43 Å². The molecule has 2 N–H and O–H groups in total. The molecule has 0 spiro atoms. The summed E-state index contributed by atoms with van der Waals surface area (Å²) < 4.78 is 10.3. The number of rotatable bonds is 1. The van der Waals surface area contributed by atoms with Gasteiger partial charge in [0.05, 0.1) is 28.2 Å². The number of nitrogens with zero attached hydrogens (tertiary/aromatic N) is 1. The number of carbonyl (C=O) groups is 1. The number of carbonyl (C=O) groups excluding carboxylic acids is 1. The predicted molar refractivity (Wildman–Crippen MR) is 42.3 cm³/mol. The van der Waals surface area contributed by atoms with Crippen LogP contribution in [0.25, 0.3) is 0 Å². The fraction of sp³-hybridized carbons (Fsp3) is 0.800. The Morgan fingerprint density at radius 1 is 1.33 bits per heavy atom. The lowest BCUT2D eigenvalue weighted by Gasteiger charge is -2.23. The number of amides is 1. The maximum Gasteiger partial charge on any atom is 1.00 e. The second-order valence-electron chi connectivity index (χ2n) is 3.52. The summed E-state index contributed by atoms with van der Waals surface area (Å²) in [6.45, 7) is 0. The molecule has 0 bridgehead atoms. The molecule has 7 heteroatoms. The molecule has 0 fully saturated rings. The van der Waals surface area contributed by atoms with Gasteiger partial charge >= 0.3 is 1.43 Å². The van der Waals surface area contributed by atoms with E-state index in [-0.39, 0.29) is 1.43 Å². The van der Waals surface area contributed by atoms with E-state index < -0.39 is 13.2 Å². The van der Waals surface area contributed by atoms with Gasteiger partial charge in [0.1, 0.15) is 0 Å². The van der Waals surface area contributed by atoms with Gasteiger partial charge in [0.2, 0.25) is 5.65 Å². The molecule has 6 nitrogen and oxygen atoms in total. The topological polar surface area (TPSA) is 106 Å². The lowest BCUT2D eigenvalue weighted by atomic mass is 10.8. The Morgan fingerprint density at radius 3 is 1.42 bits per heavy atom. The molecule has 0 atom stereocenters. The molecule has 0 aromatic heterocycles. The fourth-order valence-corrected chi connectivity index (χ4v) is 0. The first kappa shape index (κ1) is 14.1. The van der Waals surface area contributed by atoms with Gasteiger partial charge in [-0.05, 0) is 0 Å². The van der Waals surface area contributed by atoms with Gasteiger partial charge in [-0.15, -0.1) is 0 Å². The van der Waals surface area contributed by atoms with E-state index in [4.69, 9.17) is 0 Å². The Hall–Kier alpha value is -0.420. The van der Waals surface area contributed by atoms with E-state index in [2.05, 4.69) is 33.9 Å². The first-order valence-electron chi connectivity index (χ1n) is 3.05. The number of hydrogen-bond acceptors (Lipinski definition) is 4. The molecule has 0 aromatic rings. The summed E-state index contributed by atoms with van der Waals surface area (Å²) in [7, 11) is 3.40. The van der Waals surface area contributed by atoms with Crippen LogP contribution in [-0.2, 0) is 4.57 Å². The van der Waals surface area contributed by atoms with Crippen LogP contribution in [0, 0.1) is 0 Å². The summed E-state index contributed by atoms with van der Waals surface area (Å²) in [6, 6.07) is 0. The quantitative estimate of drug-likeness (QED) is 0.405. The third-order valence-electron chi connectivity index (χ3n) is 0.270. The van der Waals surface area contributed by atoms with Crippen LogP contribution in [0.5, 0.6) is 0 Å². The normalized spacial score (nSPS) is 11.5. The van der Waals surface area contributed by atoms with Gasteiger partial charge in [0, 0.05) is 7.60 Å². The molecule has 0 rings (SSSR count). The van der Waals surface area contributed by atoms with E-state index >= 15 is 0 Å². The predicted octanol–water partition coefficient (Wildman–Crippen LogP) is -1.59. The van der Waals surface area contributed by atoms with Crippen molar-refractivity contribution in [1.82, 2.24) is 0 Å². The second-order valence-corrected chi connectivity index (χ2v) is 4.95. The zero-order valence-electron chi connectivity index (χ0n) is 8.60. The van der Waals surface area contributed by atoms with Crippen LogP contribution in [0.15, 0.2) is 0 Å². The van der Waals surface area contributed by atoms with Gasteiger partial charge in [-0.1, -0.05) is 0 Å². The monoisotopic (exact) mass is 198 g/mol. The lowest BCUT2D eigenvalue weighted by molar-refractivity contribution is -0.849. The standard InChI is InChI=1S/C4H12N.CH4NO4P/c1-5(2,3)4;2-1(3)7(4,5)6/h1-4H3;(H2,2,3)(H2,4,5,6)/q+1;/p-1. The molecule has 0 radical (unpaired) electrons. The lowest BCUT2D eigenvalue weighted by Crippen LogP contribution is -2.27. The molecular formula is C5H15N2O4P. The zero-order valence-corrected chi connectivity index (χ0v) is 8.50. The average Bonchev–Trinajstić information content (AvgIpc) is 1.55. The highest BCUT2D eigenvalue weighted by atomic mass is 31.2. The van der Waals surface area contributed by atoms with Crippen LogP contribution in [-0.4, -0.2) is 38.3 Å². The maximum atomic E-state index is 9.35. The van der Waals surface area contributed by atoms with Crippen molar-refractivity contribution in [2.75, 3.05) is 28.2 Å². The number of hydrogen-bond donors (Lipinski definition) is 1. The Balaban J connectivity index is -0.000000150. The van der Waals surface area contributed by atoms with Crippen molar-refractivity contribution >= 4 is 13.2 Å². The Morgan fingerprint density at radius 2 is 1.42 bits per heavy atom. The minimum absolute atomic E-state index is 0. The van der Waals surface area contributed by atoms with Gasteiger partial charge in [0.15, 0.2) is 0 Å². The van der Waals surface area contributed by atoms with Crippen molar-refractivity contribution in [1.29, 1.82) is 0 Å². The van der Waals surface area contributed by atoms with E-state index in [1.165, 1.54) is 0 Å². The van der Waals surface area contributed by atoms with Gasteiger partial charge in [-0.3, -0.25) is 4.79 Å². The van der Waals surface area contributed by atoms with Crippen molar-refractivity contribution in [3.8, 4) is 0 Å². The van der Waals surface area contributed by atoms with Gasteiger partial charge in [-0.2, -0.15) is 0 Å². The number of quaternary nitrogens is 1. The minimum Gasteiger partial charge on any atom is -0.804 e. The van der Waals surface area contributed by atoms with Gasteiger partial charge in [0.25, 0.3) is 0 Å². The van der Waals surface area contributed by atoms with Crippen molar-refractivity contribution < 1.29 is 25.1 Å². The summed E-state index contributed by atoms with van der Waals surface area (Å²) >= 11 is 0. The molecule has 0 saturated carbocycles. The van der Waals surface area contributed by atoms with Crippen molar-refractivity contribution in [2.24, 2.45) is 5.73 Å². The van der Waals surface area contributed by atoms with E-state index in [0.717, 1.165) is 4.48 Å². The average molecular weight is 198 g/mol. The Bertz CT molecular complexity index is 191. The highest BCUT2D eigenvalue weighted by molar-refractivity contribution is 7.67. The van der Waals surface area contributed by atoms with E-state index in [0.29, 0.717) is 0 Å². The Kier molecular flexibility index (Phi) is 5.38. The van der Waals surface area contributed by atoms with Crippen LogP contribution in [0.4, 0.5) is 4.79 Å². The molecule has 0 aromatic carbocycles. The molecule has 0 aliphatic heterocycles. The first-order chi connectivity index (χ1) is 4.94. The third-order valence-corrected chi connectivity index (χ3v) is 0.810. The van der Waals surface area contributed by atoms with Crippen molar-refractivity contribution in [3.05, 3.63) is 0 Å². The SMILES string of the molecule is C[N+](C)(C)C.NC(=O)P(=O)([O-])[O-].[H+]. The molecule has 0 heterocycles. The van der Waals surface area contributed by atoms with E-state index in [1.54, 1.807) is 0 Å². The molecule has 0 aliphatic carbocycles. The molecule has 1 amide bonds. The largest absolute Gasteiger partial charge is 1.00 e. The van der Waals surface area contributed by atoms with E-state index in [9.17, 15) is 19.1 Å². The van der Waals surface area contributed by atoms with Crippen molar-refractivity contribution in [2.45, 2.75) is 0 Å². The second kappa shape index (κ2) is 4.57. The third kappa shape index (κ3) is 22.7. The van der Waals surface area contributed by atoms with Crippen LogP contribution in [0.2, 0.25) is 0 Å². The van der Waals surface area contributed by atoms with Crippen molar-refractivity contribution in [3.63, 3.8) is 0 Å². The van der Waals surface area contributed by atoms with Crippen LogP contribution >= 0.6 is 7.60 Å². The van der Waals surface area contributed by atoms with Gasteiger partial charge < -0.3 is 24.6 Å². The van der Waals surface area contributed by atoms with Gasteiger partial charge in [-0.25, -0.2) is 0 Å². The molecular weight excluding hydrogens is 183 g/mol. The number of primary amides is 1. The summed E-state index contributed by atoms with van der Waals surface area (Å²) in [5, 5.41) is 0. The molecule has 74 valence electrons. The van der Waals surface area contributed by atoms with Crippen LogP contribution < -0.4 is 15.5 Å². The smallest absolute Gasteiger partial charge is 0.804 e. The molecule has 12 heavy (non-hydrogen) atoms. The molecule has 0 aliphatic rings. The maximum absolute atomic E-state index is 9.35. The Labute approximate surface area is 73.2 Å².